The van der Waals surface area contributed by atoms with Gasteiger partial charge in [0.1, 0.15) is 11.6 Å². The third kappa shape index (κ3) is 1.97. The Morgan fingerprint density at radius 1 is 1.32 bits per heavy atom. The number of nitrogens with zero attached hydrogens (tertiary/aromatic N) is 2. The van der Waals surface area contributed by atoms with E-state index in [-0.39, 0.29) is 5.56 Å². The van der Waals surface area contributed by atoms with E-state index in [1.807, 2.05) is 31.2 Å². The second-order valence-electron chi connectivity index (χ2n) is 3.94. The molecule has 0 amide bonds. The van der Waals surface area contributed by atoms with Crippen molar-refractivity contribution in [1.82, 2.24) is 19.9 Å². The van der Waals surface area contributed by atoms with E-state index in [9.17, 15) is 4.79 Å². The van der Waals surface area contributed by atoms with Crippen molar-refractivity contribution in [1.29, 1.82) is 0 Å². The van der Waals surface area contributed by atoms with E-state index in [0.29, 0.717) is 29.3 Å². The van der Waals surface area contributed by atoms with Crippen LogP contribution < -0.4 is 10.3 Å². The van der Waals surface area contributed by atoms with Crippen molar-refractivity contribution in [2.45, 2.75) is 6.92 Å². The predicted molar refractivity (Wildman–Crippen MR) is 71.1 cm³/mol. The van der Waals surface area contributed by atoms with Crippen LogP contribution in [-0.4, -0.2) is 26.5 Å². The number of aromatic amines is 2. The molecule has 0 aliphatic carbocycles. The molecule has 0 saturated heterocycles. The van der Waals surface area contributed by atoms with Gasteiger partial charge in [-0.15, -0.1) is 0 Å². The lowest BCUT2D eigenvalue weighted by molar-refractivity contribution is 0.341. The number of hydrogen-bond acceptors (Lipinski definition) is 4. The molecule has 19 heavy (non-hydrogen) atoms. The van der Waals surface area contributed by atoms with Gasteiger partial charge in [-0.3, -0.25) is 4.79 Å². The first-order valence-corrected chi connectivity index (χ1v) is 5.95. The predicted octanol–water partition coefficient (Wildman–Crippen LogP) is 1.71. The number of hydrogen-bond donors (Lipinski definition) is 2. The molecular weight excluding hydrogens is 244 g/mol. The second kappa shape index (κ2) is 4.56. The zero-order chi connectivity index (χ0) is 13.2. The van der Waals surface area contributed by atoms with E-state index in [1.165, 1.54) is 6.33 Å². The molecule has 0 aliphatic rings. The molecule has 0 radical (unpaired) electrons. The summed E-state index contributed by atoms with van der Waals surface area (Å²) in [4.78, 5) is 25.7. The van der Waals surface area contributed by atoms with Gasteiger partial charge in [0.05, 0.1) is 18.5 Å². The largest absolute Gasteiger partial charge is 0.493 e. The fourth-order valence-corrected chi connectivity index (χ4v) is 1.91. The SMILES string of the molecule is CCOc1ccccc1-c1nc2nc[nH]c2c(=O)[nH]1. The summed E-state index contributed by atoms with van der Waals surface area (Å²) in [7, 11) is 0. The van der Waals surface area contributed by atoms with Crippen LogP contribution in [-0.2, 0) is 0 Å². The summed E-state index contributed by atoms with van der Waals surface area (Å²) in [6.07, 6.45) is 1.45. The highest BCUT2D eigenvalue weighted by molar-refractivity contribution is 5.73. The Labute approximate surface area is 108 Å². The van der Waals surface area contributed by atoms with Crippen LogP contribution in [0, 0.1) is 0 Å². The third-order valence-electron chi connectivity index (χ3n) is 2.74. The van der Waals surface area contributed by atoms with Gasteiger partial charge in [0, 0.05) is 0 Å². The van der Waals surface area contributed by atoms with Crippen LogP contribution in [0.4, 0.5) is 0 Å². The van der Waals surface area contributed by atoms with Crippen LogP contribution in [0.15, 0.2) is 35.4 Å². The molecule has 2 aromatic heterocycles. The number of ether oxygens (including phenoxy) is 1. The number of fused-ring (bicyclic) bond motifs is 1. The van der Waals surface area contributed by atoms with Crippen molar-refractivity contribution in [3.63, 3.8) is 0 Å². The van der Waals surface area contributed by atoms with Crippen molar-refractivity contribution in [3.05, 3.63) is 40.9 Å². The Hall–Kier alpha value is -2.63. The van der Waals surface area contributed by atoms with E-state index in [1.54, 1.807) is 0 Å². The molecule has 2 heterocycles. The maximum absolute atomic E-state index is 11.9. The summed E-state index contributed by atoms with van der Waals surface area (Å²) in [5.41, 5.74) is 1.26. The topological polar surface area (TPSA) is 83.7 Å². The van der Waals surface area contributed by atoms with Gasteiger partial charge in [-0.2, -0.15) is 0 Å². The molecule has 0 spiro atoms. The number of nitrogens with one attached hydrogen (secondary N) is 2. The number of aromatic nitrogens is 4. The average Bonchev–Trinajstić information content (AvgIpc) is 2.88. The lowest BCUT2D eigenvalue weighted by Crippen LogP contribution is -2.10. The number of H-pyrrole nitrogens is 2. The van der Waals surface area contributed by atoms with E-state index in [4.69, 9.17) is 4.74 Å². The summed E-state index contributed by atoms with van der Waals surface area (Å²) in [5.74, 6) is 1.14. The molecule has 0 bridgehead atoms. The average molecular weight is 256 g/mol. The fourth-order valence-electron chi connectivity index (χ4n) is 1.91. The highest BCUT2D eigenvalue weighted by Crippen LogP contribution is 2.26. The second-order valence-corrected chi connectivity index (χ2v) is 3.94. The zero-order valence-electron chi connectivity index (χ0n) is 10.3. The molecule has 0 aliphatic heterocycles. The van der Waals surface area contributed by atoms with Crippen molar-refractivity contribution in [2.75, 3.05) is 6.61 Å². The van der Waals surface area contributed by atoms with Crippen LogP contribution >= 0.6 is 0 Å². The number of rotatable bonds is 3. The standard InChI is InChI=1S/C13H12N4O2/c1-2-19-9-6-4-3-5-8(9)11-16-12-10(13(18)17-11)14-7-15-12/h3-7H,2H2,1H3,(H2,14,15,16,17,18). The Balaban J connectivity index is 2.21. The summed E-state index contributed by atoms with van der Waals surface area (Å²) in [6.45, 7) is 2.45. The smallest absolute Gasteiger partial charge is 0.277 e. The molecule has 96 valence electrons. The van der Waals surface area contributed by atoms with E-state index < -0.39 is 0 Å². The molecule has 0 saturated carbocycles. The van der Waals surface area contributed by atoms with Gasteiger partial charge in [0.15, 0.2) is 11.2 Å². The lowest BCUT2D eigenvalue weighted by Gasteiger charge is -2.08. The van der Waals surface area contributed by atoms with Crippen molar-refractivity contribution < 1.29 is 4.74 Å². The fraction of sp³-hybridized carbons (Fsp3) is 0.154. The van der Waals surface area contributed by atoms with Crippen molar-refractivity contribution in [3.8, 4) is 17.1 Å². The zero-order valence-corrected chi connectivity index (χ0v) is 10.3. The molecular formula is C13H12N4O2. The third-order valence-corrected chi connectivity index (χ3v) is 2.74. The molecule has 0 atom stereocenters. The summed E-state index contributed by atoms with van der Waals surface area (Å²) in [6, 6.07) is 7.43. The molecule has 1 aromatic carbocycles. The van der Waals surface area contributed by atoms with Crippen molar-refractivity contribution in [2.24, 2.45) is 0 Å². The Bertz CT molecular complexity index is 775. The quantitative estimate of drug-likeness (QED) is 0.747. The van der Waals surface area contributed by atoms with Crippen LogP contribution in [0.5, 0.6) is 5.75 Å². The highest BCUT2D eigenvalue weighted by atomic mass is 16.5. The molecule has 0 fully saturated rings. The van der Waals surface area contributed by atoms with Gasteiger partial charge in [-0.05, 0) is 19.1 Å². The van der Waals surface area contributed by atoms with Crippen LogP contribution in [0.3, 0.4) is 0 Å². The summed E-state index contributed by atoms with van der Waals surface area (Å²) < 4.78 is 5.53. The Morgan fingerprint density at radius 2 is 2.16 bits per heavy atom. The normalized spacial score (nSPS) is 10.8. The summed E-state index contributed by atoms with van der Waals surface area (Å²) >= 11 is 0. The first-order valence-electron chi connectivity index (χ1n) is 5.95. The van der Waals surface area contributed by atoms with E-state index in [2.05, 4.69) is 19.9 Å². The molecule has 3 rings (SSSR count). The minimum absolute atomic E-state index is 0.246. The van der Waals surface area contributed by atoms with E-state index in [0.717, 1.165) is 5.56 Å². The van der Waals surface area contributed by atoms with Gasteiger partial charge in [0.25, 0.3) is 5.56 Å². The number of benzene rings is 1. The van der Waals surface area contributed by atoms with E-state index >= 15 is 0 Å². The Kier molecular flexibility index (Phi) is 2.75. The van der Waals surface area contributed by atoms with Gasteiger partial charge in [-0.25, -0.2) is 9.97 Å². The van der Waals surface area contributed by atoms with Crippen molar-refractivity contribution >= 4 is 11.2 Å². The maximum atomic E-state index is 11.9. The van der Waals surface area contributed by atoms with Crippen LogP contribution in [0.25, 0.3) is 22.6 Å². The minimum Gasteiger partial charge on any atom is -0.493 e. The van der Waals surface area contributed by atoms with Crippen LogP contribution in [0.2, 0.25) is 0 Å². The number of para-hydroxylation sites is 1. The summed E-state index contributed by atoms with van der Waals surface area (Å²) in [5, 5.41) is 0. The molecule has 2 N–H and O–H groups in total. The highest BCUT2D eigenvalue weighted by Gasteiger charge is 2.11. The van der Waals surface area contributed by atoms with Gasteiger partial charge < -0.3 is 14.7 Å². The van der Waals surface area contributed by atoms with Gasteiger partial charge >= 0.3 is 0 Å². The maximum Gasteiger partial charge on any atom is 0.277 e. The molecule has 6 nitrogen and oxygen atoms in total. The van der Waals surface area contributed by atoms with Crippen LogP contribution in [0.1, 0.15) is 6.92 Å². The van der Waals surface area contributed by atoms with Gasteiger partial charge in [0.2, 0.25) is 0 Å². The first kappa shape index (κ1) is 11.5. The monoisotopic (exact) mass is 256 g/mol. The first-order chi connectivity index (χ1) is 9.29. The minimum atomic E-state index is -0.246. The Morgan fingerprint density at radius 3 is 3.00 bits per heavy atom. The van der Waals surface area contributed by atoms with Gasteiger partial charge in [-0.1, -0.05) is 12.1 Å². The molecule has 6 heteroatoms. The molecule has 3 aromatic rings. The number of imidazole rings is 1. The molecule has 0 unspecified atom stereocenters. The lowest BCUT2D eigenvalue weighted by atomic mass is 10.2.